The first kappa shape index (κ1) is 22.7. The number of carbonyl (C=O) groups excluding carboxylic acids is 1. The first-order valence-corrected chi connectivity index (χ1v) is 11.0. The van der Waals surface area contributed by atoms with E-state index in [1.807, 2.05) is 24.3 Å². The van der Waals surface area contributed by atoms with E-state index < -0.39 is 11.0 Å². The van der Waals surface area contributed by atoms with Crippen LogP contribution in [0.4, 0.5) is 17.3 Å². The molecule has 0 aliphatic carbocycles. The van der Waals surface area contributed by atoms with Crippen LogP contribution < -0.4 is 15.4 Å². The largest absolute Gasteiger partial charge is 0.496 e. The highest BCUT2D eigenvalue weighted by molar-refractivity contribution is 6.06. The Bertz CT molecular complexity index is 1480. The van der Waals surface area contributed by atoms with Gasteiger partial charge in [0.1, 0.15) is 11.8 Å². The van der Waals surface area contributed by atoms with Gasteiger partial charge in [-0.1, -0.05) is 12.1 Å². The smallest absolute Gasteiger partial charge is 0.269 e. The zero-order chi connectivity index (χ0) is 25.2. The van der Waals surface area contributed by atoms with Gasteiger partial charge in [0, 0.05) is 24.0 Å². The minimum atomic E-state index is -0.699. The zero-order valence-corrected chi connectivity index (χ0v) is 19.4. The maximum absolute atomic E-state index is 13.5. The Labute approximate surface area is 205 Å². The highest BCUT2D eigenvalue weighted by Crippen LogP contribution is 2.38. The summed E-state index contributed by atoms with van der Waals surface area (Å²) in [4.78, 5) is 32.9. The van der Waals surface area contributed by atoms with Gasteiger partial charge in [-0.15, -0.1) is 5.10 Å². The van der Waals surface area contributed by atoms with Crippen LogP contribution in [0.1, 0.15) is 18.5 Å². The quantitative estimate of drug-likeness (QED) is 0.308. The molecule has 0 fully saturated rings. The van der Waals surface area contributed by atoms with Crippen LogP contribution in [0.5, 0.6) is 5.75 Å². The lowest BCUT2D eigenvalue weighted by Gasteiger charge is -2.28. The van der Waals surface area contributed by atoms with Crippen molar-refractivity contribution in [2.45, 2.75) is 13.0 Å². The average Bonchev–Trinajstić information content (AvgIpc) is 3.31. The second kappa shape index (κ2) is 9.29. The number of allylic oxidation sites excluding steroid dienone is 1. The van der Waals surface area contributed by atoms with Gasteiger partial charge in [-0.3, -0.25) is 19.9 Å². The Morgan fingerprint density at radius 3 is 2.61 bits per heavy atom. The number of fused-ring (bicyclic) bond motifs is 1. The number of amides is 1. The molecule has 1 unspecified atom stereocenters. The number of nitrogens with one attached hydrogen (secondary N) is 2. The molecular formula is C25H21N7O4. The molecule has 2 aromatic carbocycles. The van der Waals surface area contributed by atoms with Crippen molar-refractivity contribution >= 4 is 23.2 Å². The summed E-state index contributed by atoms with van der Waals surface area (Å²) in [6.45, 7) is 1.78. The van der Waals surface area contributed by atoms with E-state index in [-0.39, 0.29) is 11.6 Å². The van der Waals surface area contributed by atoms with E-state index >= 15 is 0 Å². The lowest BCUT2D eigenvalue weighted by Crippen LogP contribution is -2.31. The molecule has 2 N–H and O–H groups in total. The first-order chi connectivity index (χ1) is 17.5. The number of methoxy groups -OCH3 is 1. The fraction of sp³-hybridized carbons (Fsp3) is 0.120. The van der Waals surface area contributed by atoms with Gasteiger partial charge in [0.2, 0.25) is 5.95 Å². The number of nitrogens with zero attached hydrogens (tertiary/aromatic N) is 5. The molecule has 1 aliphatic rings. The molecule has 1 amide bonds. The number of rotatable bonds is 6. The number of pyridine rings is 1. The lowest BCUT2D eigenvalue weighted by molar-refractivity contribution is -0.384. The molecule has 5 rings (SSSR count). The molecule has 0 bridgehead atoms. The number of anilines is 2. The number of nitro groups is 1. The van der Waals surface area contributed by atoms with Crippen LogP contribution in [-0.4, -0.2) is 37.7 Å². The molecule has 0 saturated carbocycles. The van der Waals surface area contributed by atoms with E-state index in [1.54, 1.807) is 55.4 Å². The van der Waals surface area contributed by atoms with Crippen molar-refractivity contribution in [1.29, 1.82) is 0 Å². The normalized spacial score (nSPS) is 14.6. The predicted octanol–water partition coefficient (Wildman–Crippen LogP) is 4.18. The molecule has 0 spiro atoms. The third-order valence-corrected chi connectivity index (χ3v) is 5.78. The van der Waals surface area contributed by atoms with Crippen molar-refractivity contribution < 1.29 is 14.5 Å². The molecule has 0 saturated heterocycles. The number of hydrogen-bond donors (Lipinski definition) is 2. The first-order valence-electron chi connectivity index (χ1n) is 11.0. The van der Waals surface area contributed by atoms with E-state index in [1.165, 1.54) is 12.1 Å². The molecule has 36 heavy (non-hydrogen) atoms. The van der Waals surface area contributed by atoms with Gasteiger partial charge >= 0.3 is 0 Å². The highest BCUT2D eigenvalue weighted by atomic mass is 16.6. The van der Waals surface area contributed by atoms with Crippen LogP contribution in [0.2, 0.25) is 0 Å². The van der Waals surface area contributed by atoms with Gasteiger partial charge < -0.3 is 15.4 Å². The molecule has 180 valence electrons. The summed E-state index contributed by atoms with van der Waals surface area (Å²) in [5.74, 6) is 1.07. The molecule has 1 atom stereocenters. The van der Waals surface area contributed by atoms with Crippen molar-refractivity contribution in [2.75, 3.05) is 17.7 Å². The Morgan fingerprint density at radius 1 is 1.14 bits per heavy atom. The number of carbonyl (C=O) groups is 1. The number of para-hydroxylation sites is 1. The monoisotopic (exact) mass is 483 g/mol. The summed E-state index contributed by atoms with van der Waals surface area (Å²) in [5.41, 5.74) is 2.76. The SMILES string of the molecule is COc1ccccc1-c1nc2n(n1)C(c1ccc([N+](=O)[O-])cc1)C(C(=O)Nc1cccnc1)=C(C)N2. The maximum atomic E-state index is 13.5. The van der Waals surface area contributed by atoms with Gasteiger partial charge in [-0.2, -0.15) is 4.98 Å². The fourth-order valence-electron chi connectivity index (χ4n) is 4.11. The summed E-state index contributed by atoms with van der Waals surface area (Å²) in [5, 5.41) is 22.0. The minimum absolute atomic E-state index is 0.0525. The van der Waals surface area contributed by atoms with Crippen LogP contribution in [0.3, 0.4) is 0 Å². The van der Waals surface area contributed by atoms with Crippen LogP contribution >= 0.6 is 0 Å². The highest BCUT2D eigenvalue weighted by Gasteiger charge is 2.35. The summed E-state index contributed by atoms with van der Waals surface area (Å²) in [6.07, 6.45) is 3.16. The van der Waals surface area contributed by atoms with Crippen LogP contribution in [0, 0.1) is 10.1 Å². The van der Waals surface area contributed by atoms with Crippen molar-refractivity contribution in [1.82, 2.24) is 19.7 Å². The molecule has 1 aliphatic heterocycles. The molecule has 4 aromatic rings. The van der Waals surface area contributed by atoms with Crippen molar-refractivity contribution in [3.63, 3.8) is 0 Å². The number of non-ortho nitro benzene ring substituents is 1. The van der Waals surface area contributed by atoms with Crippen LogP contribution in [-0.2, 0) is 4.79 Å². The second-order valence-corrected chi connectivity index (χ2v) is 8.01. The zero-order valence-electron chi connectivity index (χ0n) is 19.4. The van der Waals surface area contributed by atoms with Crippen molar-refractivity contribution in [2.24, 2.45) is 0 Å². The molecule has 3 heterocycles. The Balaban J connectivity index is 1.62. The molecule has 11 nitrogen and oxygen atoms in total. The van der Waals surface area contributed by atoms with Gasteiger partial charge in [-0.05, 0) is 48.9 Å². The van der Waals surface area contributed by atoms with E-state index in [9.17, 15) is 14.9 Å². The van der Waals surface area contributed by atoms with Crippen LogP contribution in [0.25, 0.3) is 11.4 Å². The van der Waals surface area contributed by atoms with Crippen molar-refractivity contribution in [3.8, 4) is 17.1 Å². The molecular weight excluding hydrogens is 462 g/mol. The van der Waals surface area contributed by atoms with Crippen LogP contribution in [0.15, 0.2) is 84.3 Å². The Morgan fingerprint density at radius 2 is 1.92 bits per heavy atom. The number of benzene rings is 2. The van der Waals surface area contributed by atoms with Crippen molar-refractivity contribution in [3.05, 3.63) is 100 Å². The second-order valence-electron chi connectivity index (χ2n) is 8.01. The number of aromatic nitrogens is 4. The van der Waals surface area contributed by atoms with Gasteiger partial charge in [0.05, 0.1) is 35.1 Å². The van der Waals surface area contributed by atoms with E-state index in [0.717, 1.165) is 0 Å². The Hall–Kier alpha value is -5.06. The maximum Gasteiger partial charge on any atom is 0.269 e. The van der Waals surface area contributed by atoms with E-state index in [0.29, 0.717) is 45.6 Å². The average molecular weight is 483 g/mol. The van der Waals surface area contributed by atoms with Gasteiger partial charge in [0.25, 0.3) is 11.6 Å². The Kier molecular flexibility index (Phi) is 5.87. The van der Waals surface area contributed by atoms with E-state index in [4.69, 9.17) is 9.84 Å². The fourth-order valence-corrected chi connectivity index (χ4v) is 4.11. The van der Waals surface area contributed by atoms with Gasteiger partial charge in [-0.25, -0.2) is 4.68 Å². The third kappa shape index (κ3) is 4.13. The molecule has 2 aromatic heterocycles. The standard InChI is InChI=1S/C25H21N7O4/c1-15-21(24(33)28-17-6-5-13-26-14-17)22(16-9-11-18(12-10-16)32(34)35)31-25(27-15)29-23(30-31)19-7-3-4-8-20(19)36-2/h3-14,22H,1-2H3,(H,28,33)(H,27,29,30). The minimum Gasteiger partial charge on any atom is -0.496 e. The summed E-state index contributed by atoms with van der Waals surface area (Å²) in [6, 6.07) is 16.2. The van der Waals surface area contributed by atoms with E-state index in [2.05, 4.69) is 20.6 Å². The lowest BCUT2D eigenvalue weighted by atomic mass is 9.95. The summed E-state index contributed by atoms with van der Waals surface area (Å²) >= 11 is 0. The molecule has 11 heteroatoms. The number of hydrogen-bond acceptors (Lipinski definition) is 8. The summed E-state index contributed by atoms with van der Waals surface area (Å²) < 4.78 is 7.08. The summed E-state index contributed by atoms with van der Waals surface area (Å²) in [7, 11) is 1.57. The molecule has 0 radical (unpaired) electrons. The predicted molar refractivity (Wildman–Crippen MR) is 132 cm³/mol. The number of ether oxygens (including phenoxy) is 1. The topological polar surface area (TPSA) is 137 Å². The third-order valence-electron chi connectivity index (χ3n) is 5.78. The number of nitro benzene ring substituents is 1. The van der Waals surface area contributed by atoms with Gasteiger partial charge in [0.15, 0.2) is 5.82 Å².